The zero-order valence-corrected chi connectivity index (χ0v) is 10.2. The minimum atomic E-state index is 0.148. The summed E-state index contributed by atoms with van der Waals surface area (Å²) in [5.41, 5.74) is 2.75. The van der Waals surface area contributed by atoms with E-state index in [0.29, 0.717) is 5.56 Å². The molecule has 0 aliphatic carbocycles. The predicted octanol–water partition coefficient (Wildman–Crippen LogP) is 2.20. The molecule has 0 amide bonds. The van der Waals surface area contributed by atoms with E-state index in [1.807, 2.05) is 31.2 Å². The number of nitrogens with one attached hydrogen (secondary N) is 1. The van der Waals surface area contributed by atoms with Gasteiger partial charge in [0.25, 0.3) is 0 Å². The zero-order valence-electron chi connectivity index (χ0n) is 10.2. The summed E-state index contributed by atoms with van der Waals surface area (Å²) in [5, 5.41) is 12.1. The van der Waals surface area contributed by atoms with Gasteiger partial charge in [0.1, 0.15) is 0 Å². The highest BCUT2D eigenvalue weighted by molar-refractivity contribution is 5.31. The fourth-order valence-electron chi connectivity index (χ4n) is 1.61. The maximum absolute atomic E-state index is 8.71. The summed E-state index contributed by atoms with van der Waals surface area (Å²) in [7, 11) is 0. The van der Waals surface area contributed by atoms with Crippen molar-refractivity contribution in [2.45, 2.75) is 19.5 Å². The Labute approximate surface area is 106 Å². The molecule has 1 aromatic heterocycles. The Kier molecular flexibility index (Phi) is 4.00. The second-order valence-corrected chi connectivity index (χ2v) is 4.04. The summed E-state index contributed by atoms with van der Waals surface area (Å²) in [5.74, 6) is 0. The molecule has 1 atom stereocenters. The number of hydrogen-bond acceptors (Lipinski definition) is 4. The van der Waals surface area contributed by atoms with Crippen LogP contribution in [-0.4, -0.2) is 9.97 Å². The van der Waals surface area contributed by atoms with Gasteiger partial charge in [-0.2, -0.15) is 5.26 Å². The normalized spacial score (nSPS) is 11.8. The van der Waals surface area contributed by atoms with Gasteiger partial charge >= 0.3 is 0 Å². The van der Waals surface area contributed by atoms with Gasteiger partial charge in [-0.05, 0) is 24.6 Å². The van der Waals surface area contributed by atoms with Crippen LogP contribution in [-0.2, 0) is 6.54 Å². The average molecular weight is 238 g/mol. The van der Waals surface area contributed by atoms with E-state index in [1.54, 1.807) is 18.6 Å². The van der Waals surface area contributed by atoms with Crippen LogP contribution < -0.4 is 5.32 Å². The average Bonchev–Trinajstić information content (AvgIpc) is 2.46. The minimum absolute atomic E-state index is 0.148. The maximum atomic E-state index is 8.71. The van der Waals surface area contributed by atoms with Crippen LogP contribution in [0.3, 0.4) is 0 Å². The van der Waals surface area contributed by atoms with Crippen molar-refractivity contribution in [3.8, 4) is 6.07 Å². The molecule has 2 rings (SSSR count). The number of nitriles is 1. The van der Waals surface area contributed by atoms with Gasteiger partial charge in [-0.3, -0.25) is 9.97 Å². The monoisotopic (exact) mass is 238 g/mol. The molecular weight excluding hydrogens is 224 g/mol. The largest absolute Gasteiger partial charge is 0.305 e. The van der Waals surface area contributed by atoms with Crippen LogP contribution in [0.25, 0.3) is 0 Å². The van der Waals surface area contributed by atoms with Crippen LogP contribution in [0.2, 0.25) is 0 Å². The van der Waals surface area contributed by atoms with Gasteiger partial charge in [-0.15, -0.1) is 0 Å². The van der Waals surface area contributed by atoms with Gasteiger partial charge in [0.15, 0.2) is 0 Å². The third-order valence-electron chi connectivity index (χ3n) is 2.72. The van der Waals surface area contributed by atoms with Crippen LogP contribution in [0, 0.1) is 11.3 Å². The highest BCUT2D eigenvalue weighted by Crippen LogP contribution is 2.09. The van der Waals surface area contributed by atoms with Crippen LogP contribution in [0.5, 0.6) is 0 Å². The fraction of sp³-hybridized carbons (Fsp3) is 0.214. The molecule has 1 heterocycles. The van der Waals surface area contributed by atoms with E-state index in [9.17, 15) is 0 Å². The van der Waals surface area contributed by atoms with E-state index in [0.717, 1.165) is 17.8 Å². The Morgan fingerprint density at radius 3 is 2.67 bits per heavy atom. The standard InChI is InChI=1S/C14H14N4/c1-11(14-10-16-6-7-17-14)18-9-13-4-2-12(8-15)3-5-13/h2-7,10-11,18H,9H2,1H3. The molecule has 4 heteroatoms. The molecule has 18 heavy (non-hydrogen) atoms. The van der Waals surface area contributed by atoms with E-state index >= 15 is 0 Å². The number of aromatic nitrogens is 2. The number of benzene rings is 1. The quantitative estimate of drug-likeness (QED) is 0.887. The predicted molar refractivity (Wildman–Crippen MR) is 68.4 cm³/mol. The van der Waals surface area contributed by atoms with Gasteiger partial charge < -0.3 is 5.32 Å². The topological polar surface area (TPSA) is 61.6 Å². The lowest BCUT2D eigenvalue weighted by Gasteiger charge is -2.12. The maximum Gasteiger partial charge on any atom is 0.0991 e. The molecule has 0 aliphatic rings. The summed E-state index contributed by atoms with van der Waals surface area (Å²) in [6.07, 6.45) is 5.11. The van der Waals surface area contributed by atoms with Crippen molar-refractivity contribution in [1.82, 2.24) is 15.3 Å². The summed E-state index contributed by atoms with van der Waals surface area (Å²) >= 11 is 0. The highest BCUT2D eigenvalue weighted by Gasteiger charge is 2.05. The van der Waals surface area contributed by atoms with Gasteiger partial charge in [0, 0.05) is 31.2 Å². The van der Waals surface area contributed by atoms with E-state index < -0.39 is 0 Å². The molecule has 0 aliphatic heterocycles. The van der Waals surface area contributed by atoms with Crippen LogP contribution >= 0.6 is 0 Å². The van der Waals surface area contributed by atoms with Crippen molar-refractivity contribution in [1.29, 1.82) is 5.26 Å². The first kappa shape index (κ1) is 12.2. The van der Waals surface area contributed by atoms with Crippen molar-refractivity contribution < 1.29 is 0 Å². The molecule has 0 radical (unpaired) electrons. The second kappa shape index (κ2) is 5.89. The molecule has 0 saturated heterocycles. The first-order valence-electron chi connectivity index (χ1n) is 5.78. The van der Waals surface area contributed by atoms with Crippen molar-refractivity contribution in [2.24, 2.45) is 0 Å². The molecule has 90 valence electrons. The second-order valence-electron chi connectivity index (χ2n) is 4.04. The van der Waals surface area contributed by atoms with Crippen molar-refractivity contribution in [2.75, 3.05) is 0 Å². The first-order valence-corrected chi connectivity index (χ1v) is 5.78. The Morgan fingerprint density at radius 1 is 1.28 bits per heavy atom. The third-order valence-corrected chi connectivity index (χ3v) is 2.72. The summed E-state index contributed by atoms with van der Waals surface area (Å²) in [6, 6.07) is 9.81. The number of nitrogens with zero attached hydrogens (tertiary/aromatic N) is 3. The summed E-state index contributed by atoms with van der Waals surface area (Å²) < 4.78 is 0. The lowest BCUT2D eigenvalue weighted by molar-refractivity contribution is 0.559. The SMILES string of the molecule is CC(NCc1ccc(C#N)cc1)c1cnccn1. The minimum Gasteiger partial charge on any atom is -0.305 e. The number of hydrogen-bond donors (Lipinski definition) is 1. The highest BCUT2D eigenvalue weighted by atomic mass is 14.9. The molecule has 0 fully saturated rings. The first-order chi connectivity index (χ1) is 8.79. The Bertz CT molecular complexity index is 528. The van der Waals surface area contributed by atoms with Crippen molar-refractivity contribution >= 4 is 0 Å². The van der Waals surface area contributed by atoms with Gasteiger partial charge in [-0.25, -0.2) is 0 Å². The molecule has 0 bridgehead atoms. The number of rotatable bonds is 4. The zero-order chi connectivity index (χ0) is 12.8. The molecule has 2 aromatic rings. The summed E-state index contributed by atoms with van der Waals surface area (Å²) in [6.45, 7) is 2.79. The van der Waals surface area contributed by atoms with E-state index in [-0.39, 0.29) is 6.04 Å². The lowest BCUT2D eigenvalue weighted by atomic mass is 10.1. The molecule has 1 N–H and O–H groups in total. The van der Waals surface area contributed by atoms with E-state index in [2.05, 4.69) is 21.4 Å². The van der Waals surface area contributed by atoms with Gasteiger partial charge in [0.2, 0.25) is 0 Å². The smallest absolute Gasteiger partial charge is 0.0991 e. The van der Waals surface area contributed by atoms with Crippen LogP contribution in [0.1, 0.15) is 29.8 Å². The molecule has 0 saturated carbocycles. The Balaban J connectivity index is 1.93. The van der Waals surface area contributed by atoms with Gasteiger partial charge in [0.05, 0.1) is 17.3 Å². The van der Waals surface area contributed by atoms with E-state index in [4.69, 9.17) is 5.26 Å². The lowest BCUT2D eigenvalue weighted by Crippen LogP contribution is -2.19. The molecule has 4 nitrogen and oxygen atoms in total. The Hall–Kier alpha value is -2.25. The summed E-state index contributed by atoms with van der Waals surface area (Å²) in [4.78, 5) is 8.30. The third kappa shape index (κ3) is 3.12. The van der Waals surface area contributed by atoms with Crippen molar-refractivity contribution in [3.05, 3.63) is 59.7 Å². The Morgan fingerprint density at radius 2 is 2.06 bits per heavy atom. The molecular formula is C14H14N4. The fourth-order valence-corrected chi connectivity index (χ4v) is 1.61. The van der Waals surface area contributed by atoms with E-state index in [1.165, 1.54) is 0 Å². The molecule has 0 spiro atoms. The van der Waals surface area contributed by atoms with Crippen LogP contribution in [0.15, 0.2) is 42.9 Å². The van der Waals surface area contributed by atoms with Crippen molar-refractivity contribution in [3.63, 3.8) is 0 Å². The van der Waals surface area contributed by atoms with Gasteiger partial charge in [-0.1, -0.05) is 12.1 Å². The molecule has 1 unspecified atom stereocenters. The molecule has 1 aromatic carbocycles. The van der Waals surface area contributed by atoms with Crippen LogP contribution in [0.4, 0.5) is 0 Å².